The van der Waals surface area contributed by atoms with Crippen LogP contribution in [0.4, 0.5) is 0 Å². The van der Waals surface area contributed by atoms with Gasteiger partial charge in [0, 0.05) is 18.4 Å². The van der Waals surface area contributed by atoms with Gasteiger partial charge in [-0.25, -0.2) is 0 Å². The van der Waals surface area contributed by atoms with E-state index in [0.29, 0.717) is 0 Å². The molecule has 1 aromatic rings. The number of rotatable bonds is 2. The average molecular weight is 175 g/mol. The molecule has 0 aliphatic rings. The highest BCUT2D eigenvalue weighted by Crippen LogP contribution is 2.22. The molecule has 1 rings (SSSR count). The molecule has 0 aliphatic carbocycles. The van der Waals surface area contributed by atoms with Gasteiger partial charge in [0.15, 0.2) is 0 Å². The fraction of sp³-hybridized carbons (Fsp3) is 0.333. The molecule has 0 aromatic carbocycles. The van der Waals surface area contributed by atoms with Crippen LogP contribution in [0.2, 0.25) is 0 Å². The SMILES string of the molecule is C=Cc1c(C)c(/C=C\C)c(C)n1C. The van der Waals surface area contributed by atoms with E-state index in [-0.39, 0.29) is 0 Å². The number of hydrogen-bond donors (Lipinski definition) is 0. The van der Waals surface area contributed by atoms with Crippen LogP contribution in [-0.4, -0.2) is 4.57 Å². The first-order chi connectivity index (χ1) is 6.13. The first-order valence-electron chi connectivity index (χ1n) is 4.54. The Bertz CT molecular complexity index is 354. The maximum absolute atomic E-state index is 3.82. The van der Waals surface area contributed by atoms with Gasteiger partial charge in [0.05, 0.1) is 0 Å². The lowest BCUT2D eigenvalue weighted by atomic mass is 10.1. The molecule has 0 atom stereocenters. The van der Waals surface area contributed by atoms with Crippen LogP contribution < -0.4 is 0 Å². The molecule has 0 unspecified atom stereocenters. The molecule has 0 fully saturated rings. The Morgan fingerprint density at radius 2 is 1.92 bits per heavy atom. The van der Waals surface area contributed by atoms with Gasteiger partial charge in [-0.3, -0.25) is 0 Å². The topological polar surface area (TPSA) is 4.93 Å². The van der Waals surface area contributed by atoms with Crippen molar-refractivity contribution in [1.82, 2.24) is 4.57 Å². The predicted octanol–water partition coefficient (Wildman–Crippen LogP) is 3.32. The summed E-state index contributed by atoms with van der Waals surface area (Å²) in [7, 11) is 2.08. The predicted molar refractivity (Wildman–Crippen MR) is 59.7 cm³/mol. The molecule has 0 saturated heterocycles. The second-order valence-electron chi connectivity index (χ2n) is 3.27. The lowest BCUT2D eigenvalue weighted by Gasteiger charge is -1.99. The van der Waals surface area contributed by atoms with Gasteiger partial charge in [-0.15, -0.1) is 0 Å². The van der Waals surface area contributed by atoms with Crippen molar-refractivity contribution >= 4 is 12.2 Å². The first kappa shape index (κ1) is 9.85. The van der Waals surface area contributed by atoms with E-state index < -0.39 is 0 Å². The molecular formula is C12H17N. The minimum atomic E-state index is 1.21. The zero-order valence-corrected chi connectivity index (χ0v) is 8.89. The van der Waals surface area contributed by atoms with E-state index in [0.717, 1.165) is 0 Å². The third kappa shape index (κ3) is 1.46. The molecule has 13 heavy (non-hydrogen) atoms. The van der Waals surface area contributed by atoms with E-state index in [1.54, 1.807) is 0 Å². The Morgan fingerprint density at radius 1 is 1.31 bits per heavy atom. The number of nitrogens with zero attached hydrogens (tertiary/aromatic N) is 1. The summed E-state index contributed by atoms with van der Waals surface area (Å²) in [6, 6.07) is 0. The third-order valence-corrected chi connectivity index (χ3v) is 2.57. The van der Waals surface area contributed by atoms with E-state index in [9.17, 15) is 0 Å². The van der Waals surface area contributed by atoms with Crippen molar-refractivity contribution in [2.75, 3.05) is 0 Å². The van der Waals surface area contributed by atoms with Crippen molar-refractivity contribution in [1.29, 1.82) is 0 Å². The molecule has 0 bridgehead atoms. The van der Waals surface area contributed by atoms with Crippen LogP contribution in [0.3, 0.4) is 0 Å². The summed E-state index contributed by atoms with van der Waals surface area (Å²) < 4.78 is 2.18. The number of allylic oxidation sites excluding steroid dienone is 1. The molecule has 0 saturated carbocycles. The maximum atomic E-state index is 3.82. The summed E-state index contributed by atoms with van der Waals surface area (Å²) in [5.74, 6) is 0. The monoisotopic (exact) mass is 175 g/mol. The van der Waals surface area contributed by atoms with E-state index in [1.165, 1.54) is 22.5 Å². The Labute approximate surface area is 80.4 Å². The first-order valence-corrected chi connectivity index (χ1v) is 4.54. The third-order valence-electron chi connectivity index (χ3n) is 2.57. The van der Waals surface area contributed by atoms with Gasteiger partial charge in [0.1, 0.15) is 0 Å². The van der Waals surface area contributed by atoms with Crippen LogP contribution in [0.1, 0.15) is 29.4 Å². The summed E-state index contributed by atoms with van der Waals surface area (Å²) in [6.45, 7) is 10.1. The standard InChI is InChI=1S/C12H17N/c1-6-8-11-9(3)12(7-2)13(5)10(11)4/h6-8H,2H2,1,3-5H3/b8-6-. The molecule has 70 valence electrons. The van der Waals surface area contributed by atoms with Crippen molar-refractivity contribution in [3.05, 3.63) is 35.2 Å². The number of aromatic nitrogens is 1. The zero-order valence-electron chi connectivity index (χ0n) is 8.89. The van der Waals surface area contributed by atoms with Crippen LogP contribution in [0, 0.1) is 13.8 Å². The second-order valence-corrected chi connectivity index (χ2v) is 3.27. The smallest absolute Gasteiger partial charge is 0.0436 e. The lowest BCUT2D eigenvalue weighted by molar-refractivity contribution is 0.868. The number of hydrogen-bond acceptors (Lipinski definition) is 0. The van der Waals surface area contributed by atoms with Crippen LogP contribution in [0.5, 0.6) is 0 Å². The van der Waals surface area contributed by atoms with E-state index in [4.69, 9.17) is 0 Å². The summed E-state index contributed by atoms with van der Waals surface area (Å²) in [5, 5.41) is 0. The van der Waals surface area contributed by atoms with Crippen molar-refractivity contribution in [2.45, 2.75) is 20.8 Å². The zero-order chi connectivity index (χ0) is 10.0. The second kappa shape index (κ2) is 3.65. The van der Waals surface area contributed by atoms with Crippen LogP contribution >= 0.6 is 0 Å². The van der Waals surface area contributed by atoms with Gasteiger partial charge in [0.2, 0.25) is 0 Å². The Balaban J connectivity index is 3.44. The van der Waals surface area contributed by atoms with E-state index in [2.05, 4.69) is 44.2 Å². The van der Waals surface area contributed by atoms with Gasteiger partial charge >= 0.3 is 0 Å². The van der Waals surface area contributed by atoms with Crippen LogP contribution in [0.15, 0.2) is 12.7 Å². The van der Waals surface area contributed by atoms with Crippen molar-refractivity contribution < 1.29 is 0 Å². The van der Waals surface area contributed by atoms with Crippen molar-refractivity contribution in [2.24, 2.45) is 7.05 Å². The molecule has 1 aromatic heterocycles. The highest BCUT2D eigenvalue weighted by molar-refractivity contribution is 5.64. The highest BCUT2D eigenvalue weighted by Gasteiger charge is 2.09. The molecule has 0 N–H and O–H groups in total. The van der Waals surface area contributed by atoms with Crippen molar-refractivity contribution in [3.63, 3.8) is 0 Å². The fourth-order valence-corrected chi connectivity index (χ4v) is 1.72. The van der Waals surface area contributed by atoms with Gasteiger partial charge in [-0.05, 0) is 38.0 Å². The Kier molecular flexibility index (Phi) is 2.76. The van der Waals surface area contributed by atoms with Crippen LogP contribution in [0.25, 0.3) is 12.2 Å². The molecule has 1 heteroatoms. The van der Waals surface area contributed by atoms with E-state index >= 15 is 0 Å². The lowest BCUT2D eigenvalue weighted by Crippen LogP contribution is -1.93. The van der Waals surface area contributed by atoms with Crippen LogP contribution in [-0.2, 0) is 7.05 Å². The van der Waals surface area contributed by atoms with Gasteiger partial charge < -0.3 is 4.57 Å². The summed E-state index contributed by atoms with van der Waals surface area (Å²) >= 11 is 0. The molecule has 1 heterocycles. The minimum absolute atomic E-state index is 1.21. The van der Waals surface area contributed by atoms with Gasteiger partial charge in [-0.1, -0.05) is 18.7 Å². The van der Waals surface area contributed by atoms with Gasteiger partial charge in [-0.2, -0.15) is 0 Å². The van der Waals surface area contributed by atoms with Crippen molar-refractivity contribution in [3.8, 4) is 0 Å². The molecule has 0 amide bonds. The average Bonchev–Trinajstić information content (AvgIpc) is 2.31. The normalized spacial score (nSPS) is 11.1. The maximum Gasteiger partial charge on any atom is 0.0436 e. The Morgan fingerprint density at radius 3 is 2.31 bits per heavy atom. The fourth-order valence-electron chi connectivity index (χ4n) is 1.72. The minimum Gasteiger partial charge on any atom is -0.348 e. The van der Waals surface area contributed by atoms with Gasteiger partial charge in [0.25, 0.3) is 0 Å². The quantitative estimate of drug-likeness (QED) is 0.650. The molecular weight excluding hydrogens is 158 g/mol. The Hall–Kier alpha value is -1.24. The highest BCUT2D eigenvalue weighted by atomic mass is 15.0. The molecule has 0 spiro atoms. The summed E-state index contributed by atoms with van der Waals surface area (Å²) in [5.41, 5.74) is 5.14. The molecule has 0 aliphatic heterocycles. The van der Waals surface area contributed by atoms with E-state index in [1.807, 2.05) is 13.0 Å². The summed E-state index contributed by atoms with van der Waals surface area (Å²) in [4.78, 5) is 0. The molecule has 0 radical (unpaired) electrons. The largest absolute Gasteiger partial charge is 0.348 e. The summed E-state index contributed by atoms with van der Waals surface area (Å²) in [6.07, 6.45) is 6.13. The molecule has 1 nitrogen and oxygen atoms in total.